The van der Waals surface area contributed by atoms with E-state index in [1.807, 2.05) is 19.1 Å². The Bertz CT molecular complexity index is 411. The third kappa shape index (κ3) is 4.58. The number of aromatic nitrogens is 1. The van der Waals surface area contributed by atoms with Crippen LogP contribution in [-0.2, 0) is 20.7 Å². The van der Waals surface area contributed by atoms with Gasteiger partial charge in [0.05, 0.1) is 25.9 Å². The Labute approximate surface area is 119 Å². The minimum absolute atomic E-state index is 0.0358. The van der Waals surface area contributed by atoms with E-state index in [1.165, 1.54) is 5.56 Å². The maximum absolute atomic E-state index is 11.8. The minimum Gasteiger partial charge on any atom is -0.381 e. The molecule has 0 saturated carbocycles. The van der Waals surface area contributed by atoms with Crippen LogP contribution in [0.15, 0.2) is 24.5 Å². The molecule has 1 saturated heterocycles. The summed E-state index contributed by atoms with van der Waals surface area (Å²) in [6.45, 7) is 4.33. The van der Waals surface area contributed by atoms with Crippen LogP contribution in [-0.4, -0.2) is 43.4 Å². The second-order valence-corrected chi connectivity index (χ2v) is 4.98. The molecule has 1 aromatic heterocycles. The van der Waals surface area contributed by atoms with Crippen molar-refractivity contribution in [2.75, 3.05) is 26.4 Å². The molecule has 110 valence electrons. The maximum atomic E-state index is 11.8. The van der Waals surface area contributed by atoms with Gasteiger partial charge in [0.1, 0.15) is 0 Å². The molecule has 1 aliphatic heterocycles. The average Bonchev–Trinajstić information content (AvgIpc) is 2.87. The molecule has 1 N–H and O–H groups in total. The van der Waals surface area contributed by atoms with Gasteiger partial charge in [-0.25, -0.2) is 0 Å². The molecule has 0 aromatic carbocycles. The van der Waals surface area contributed by atoms with Gasteiger partial charge in [-0.3, -0.25) is 9.78 Å². The highest BCUT2D eigenvalue weighted by molar-refractivity contribution is 5.76. The molecule has 0 unspecified atom stereocenters. The Kier molecular flexibility index (Phi) is 5.95. The third-order valence-electron chi connectivity index (χ3n) is 3.47. The van der Waals surface area contributed by atoms with Gasteiger partial charge in [0.2, 0.25) is 5.91 Å². The van der Waals surface area contributed by atoms with Crippen molar-refractivity contribution >= 4 is 5.91 Å². The average molecular weight is 278 g/mol. The predicted molar refractivity (Wildman–Crippen MR) is 75.3 cm³/mol. The summed E-state index contributed by atoms with van der Waals surface area (Å²) in [4.78, 5) is 15.8. The van der Waals surface area contributed by atoms with Crippen LogP contribution in [0.3, 0.4) is 0 Å². The van der Waals surface area contributed by atoms with Crippen molar-refractivity contribution in [1.29, 1.82) is 0 Å². The monoisotopic (exact) mass is 278 g/mol. The number of carbonyl (C=O) groups is 1. The summed E-state index contributed by atoms with van der Waals surface area (Å²) in [5, 5.41) is 3.05. The number of amides is 1. The van der Waals surface area contributed by atoms with E-state index in [1.54, 1.807) is 12.4 Å². The van der Waals surface area contributed by atoms with Gasteiger partial charge < -0.3 is 14.8 Å². The van der Waals surface area contributed by atoms with Crippen molar-refractivity contribution in [2.45, 2.75) is 25.8 Å². The first-order chi connectivity index (χ1) is 9.79. The minimum atomic E-state index is 0.0358. The topological polar surface area (TPSA) is 60.5 Å². The van der Waals surface area contributed by atoms with Gasteiger partial charge in [-0.15, -0.1) is 0 Å². The van der Waals surface area contributed by atoms with Gasteiger partial charge in [0.15, 0.2) is 0 Å². The SMILES string of the molecule is CCOCCC(=O)N[C@@H]1COC[C@H]1Cc1ccncc1. The van der Waals surface area contributed by atoms with E-state index in [4.69, 9.17) is 9.47 Å². The molecule has 0 aliphatic carbocycles. The van der Waals surface area contributed by atoms with Crippen LogP contribution in [0.2, 0.25) is 0 Å². The molecule has 2 atom stereocenters. The number of carbonyl (C=O) groups excluding carboxylic acids is 1. The lowest BCUT2D eigenvalue weighted by Crippen LogP contribution is -2.40. The lowest BCUT2D eigenvalue weighted by atomic mass is 9.95. The van der Waals surface area contributed by atoms with Gasteiger partial charge in [-0.05, 0) is 31.0 Å². The summed E-state index contributed by atoms with van der Waals surface area (Å²) in [5.74, 6) is 0.363. The lowest BCUT2D eigenvalue weighted by molar-refractivity contribution is -0.123. The van der Waals surface area contributed by atoms with E-state index in [2.05, 4.69) is 10.3 Å². The number of ether oxygens (including phenoxy) is 2. The summed E-state index contributed by atoms with van der Waals surface area (Å²) >= 11 is 0. The van der Waals surface area contributed by atoms with Crippen molar-refractivity contribution < 1.29 is 14.3 Å². The van der Waals surface area contributed by atoms with Crippen LogP contribution in [0.25, 0.3) is 0 Å². The number of nitrogens with zero attached hydrogens (tertiary/aromatic N) is 1. The van der Waals surface area contributed by atoms with Crippen LogP contribution in [0.4, 0.5) is 0 Å². The molecule has 0 spiro atoms. The van der Waals surface area contributed by atoms with Crippen LogP contribution in [0.1, 0.15) is 18.9 Å². The molecular weight excluding hydrogens is 256 g/mol. The normalized spacial score (nSPS) is 21.9. The van der Waals surface area contributed by atoms with Crippen molar-refractivity contribution in [3.8, 4) is 0 Å². The van der Waals surface area contributed by atoms with E-state index in [9.17, 15) is 4.79 Å². The van der Waals surface area contributed by atoms with E-state index >= 15 is 0 Å². The van der Waals surface area contributed by atoms with Crippen molar-refractivity contribution in [3.63, 3.8) is 0 Å². The number of rotatable bonds is 7. The fourth-order valence-electron chi connectivity index (χ4n) is 2.37. The van der Waals surface area contributed by atoms with Gasteiger partial charge in [-0.2, -0.15) is 0 Å². The summed E-state index contributed by atoms with van der Waals surface area (Å²) in [6, 6.07) is 4.11. The molecule has 20 heavy (non-hydrogen) atoms. The zero-order valence-corrected chi connectivity index (χ0v) is 11.9. The molecule has 2 rings (SSSR count). The maximum Gasteiger partial charge on any atom is 0.222 e. The standard InChI is InChI=1S/C15H22N2O3/c1-2-19-8-5-15(18)17-14-11-20-10-13(14)9-12-3-6-16-7-4-12/h3-4,6-7,13-14H,2,5,8-11H2,1H3,(H,17,18)/t13-,14-/m1/s1. The Morgan fingerprint density at radius 2 is 2.25 bits per heavy atom. The van der Waals surface area contributed by atoms with Gasteiger partial charge in [0, 0.05) is 31.3 Å². The number of pyridine rings is 1. The summed E-state index contributed by atoms with van der Waals surface area (Å²) in [7, 11) is 0. The Morgan fingerprint density at radius 1 is 1.45 bits per heavy atom. The second kappa shape index (κ2) is 7.97. The number of hydrogen-bond donors (Lipinski definition) is 1. The van der Waals surface area contributed by atoms with Crippen molar-refractivity contribution in [1.82, 2.24) is 10.3 Å². The zero-order chi connectivity index (χ0) is 14.2. The first-order valence-corrected chi connectivity index (χ1v) is 7.13. The molecule has 0 bridgehead atoms. The fourth-order valence-corrected chi connectivity index (χ4v) is 2.37. The largest absolute Gasteiger partial charge is 0.381 e. The van der Waals surface area contributed by atoms with Gasteiger partial charge in [0.25, 0.3) is 0 Å². The first-order valence-electron chi connectivity index (χ1n) is 7.13. The molecule has 1 amide bonds. The van der Waals surface area contributed by atoms with Crippen molar-refractivity contribution in [2.24, 2.45) is 5.92 Å². The van der Waals surface area contributed by atoms with E-state index in [0.717, 1.165) is 6.42 Å². The van der Waals surface area contributed by atoms with Crippen LogP contribution in [0, 0.1) is 5.92 Å². The van der Waals surface area contributed by atoms with Gasteiger partial charge in [-0.1, -0.05) is 0 Å². The second-order valence-electron chi connectivity index (χ2n) is 4.98. The molecule has 1 fully saturated rings. The first kappa shape index (κ1) is 14.9. The highest BCUT2D eigenvalue weighted by atomic mass is 16.5. The van der Waals surface area contributed by atoms with Crippen LogP contribution < -0.4 is 5.32 Å². The smallest absolute Gasteiger partial charge is 0.222 e. The molecule has 2 heterocycles. The Balaban J connectivity index is 1.80. The molecule has 1 aromatic rings. The molecule has 5 heteroatoms. The van der Waals surface area contributed by atoms with E-state index in [0.29, 0.717) is 38.8 Å². The molecule has 0 radical (unpaired) electrons. The van der Waals surface area contributed by atoms with Crippen LogP contribution in [0.5, 0.6) is 0 Å². The van der Waals surface area contributed by atoms with Crippen LogP contribution >= 0.6 is 0 Å². The summed E-state index contributed by atoms with van der Waals surface area (Å²) < 4.78 is 10.7. The van der Waals surface area contributed by atoms with E-state index in [-0.39, 0.29) is 11.9 Å². The molecule has 5 nitrogen and oxygen atoms in total. The highest BCUT2D eigenvalue weighted by Gasteiger charge is 2.29. The Morgan fingerprint density at radius 3 is 3.00 bits per heavy atom. The lowest BCUT2D eigenvalue weighted by Gasteiger charge is -2.19. The molecular formula is C15H22N2O3. The fraction of sp³-hybridized carbons (Fsp3) is 0.600. The Hall–Kier alpha value is -1.46. The molecule has 1 aliphatic rings. The van der Waals surface area contributed by atoms with Crippen molar-refractivity contribution in [3.05, 3.63) is 30.1 Å². The third-order valence-corrected chi connectivity index (χ3v) is 3.47. The van der Waals surface area contributed by atoms with Gasteiger partial charge >= 0.3 is 0 Å². The number of nitrogens with one attached hydrogen (secondary N) is 1. The number of hydrogen-bond acceptors (Lipinski definition) is 4. The predicted octanol–water partition coefficient (Wildman–Crippen LogP) is 1.18. The zero-order valence-electron chi connectivity index (χ0n) is 11.9. The quantitative estimate of drug-likeness (QED) is 0.761. The highest BCUT2D eigenvalue weighted by Crippen LogP contribution is 2.19. The van der Waals surface area contributed by atoms with E-state index < -0.39 is 0 Å². The summed E-state index contributed by atoms with van der Waals surface area (Å²) in [6.07, 6.45) is 4.90. The summed E-state index contributed by atoms with van der Waals surface area (Å²) in [5.41, 5.74) is 1.23.